The Hall–Kier alpha value is -2.98. The molecule has 4 rings (SSSR count). The summed E-state index contributed by atoms with van der Waals surface area (Å²) in [6.07, 6.45) is 1.53. The van der Waals surface area contributed by atoms with Gasteiger partial charge in [-0.15, -0.1) is 11.8 Å². The summed E-state index contributed by atoms with van der Waals surface area (Å²) in [5, 5.41) is 11.6. The zero-order valence-corrected chi connectivity index (χ0v) is 17.8. The number of carbonyl (C=O) groups excluding carboxylic acids is 3. The second-order valence-corrected chi connectivity index (χ2v) is 8.98. The Balaban J connectivity index is 1.42. The van der Waals surface area contributed by atoms with Crippen molar-refractivity contribution in [3.05, 3.63) is 71.3 Å². The van der Waals surface area contributed by atoms with Crippen LogP contribution < -0.4 is 5.32 Å². The minimum Gasteiger partial charge on any atom is -0.477 e. The Morgan fingerprint density at radius 1 is 1.19 bits per heavy atom. The van der Waals surface area contributed by atoms with E-state index in [0.29, 0.717) is 11.3 Å². The third kappa shape index (κ3) is 4.40. The Morgan fingerprint density at radius 2 is 1.97 bits per heavy atom. The smallest absolute Gasteiger partial charge is 0.352 e. The van der Waals surface area contributed by atoms with Crippen LogP contribution in [0.1, 0.15) is 16.1 Å². The van der Waals surface area contributed by atoms with Crippen molar-refractivity contribution in [2.24, 2.45) is 0 Å². The van der Waals surface area contributed by atoms with E-state index in [1.54, 1.807) is 6.07 Å². The first-order valence-corrected chi connectivity index (χ1v) is 11.4. The Bertz CT molecular complexity index is 1050. The molecule has 0 aliphatic carbocycles. The van der Waals surface area contributed by atoms with Crippen LogP contribution in [0.5, 0.6) is 0 Å². The number of amides is 2. The molecule has 1 fully saturated rings. The Kier molecular flexibility index (Phi) is 6.19. The molecule has 1 unspecified atom stereocenters. The minimum atomic E-state index is -1.23. The van der Waals surface area contributed by atoms with Crippen molar-refractivity contribution in [1.82, 2.24) is 10.2 Å². The molecule has 1 saturated heterocycles. The second kappa shape index (κ2) is 9.03. The second-order valence-electron chi connectivity index (χ2n) is 6.93. The number of furan rings is 1. The lowest BCUT2D eigenvalue weighted by molar-refractivity contribution is -0.150. The van der Waals surface area contributed by atoms with Crippen LogP contribution in [0.2, 0.25) is 0 Å². The summed E-state index contributed by atoms with van der Waals surface area (Å²) in [5.74, 6) is -1.32. The molecule has 0 radical (unpaired) electrons. The van der Waals surface area contributed by atoms with Gasteiger partial charge in [-0.2, -0.15) is 0 Å². The van der Waals surface area contributed by atoms with Gasteiger partial charge < -0.3 is 14.8 Å². The molecule has 0 saturated carbocycles. The number of β-lactam (4-membered cyclic amide) rings is 1. The van der Waals surface area contributed by atoms with Crippen LogP contribution in [0, 0.1) is 0 Å². The fourth-order valence-corrected chi connectivity index (χ4v) is 5.70. The van der Waals surface area contributed by atoms with Gasteiger partial charge in [-0.3, -0.25) is 19.3 Å². The van der Waals surface area contributed by atoms with E-state index in [4.69, 9.17) is 4.42 Å². The number of fused-ring (bicyclic) bond motifs is 1. The van der Waals surface area contributed by atoms with Crippen molar-refractivity contribution in [2.45, 2.75) is 17.8 Å². The molecule has 0 spiro atoms. The third-order valence-corrected chi connectivity index (χ3v) is 7.17. The molecule has 2 N–H and O–H groups in total. The van der Waals surface area contributed by atoms with Crippen molar-refractivity contribution in [2.75, 3.05) is 11.5 Å². The van der Waals surface area contributed by atoms with Crippen LogP contribution in [0.15, 0.2) is 64.4 Å². The predicted octanol–water partition coefficient (Wildman–Crippen LogP) is 2.13. The summed E-state index contributed by atoms with van der Waals surface area (Å²) < 4.78 is 5.06. The van der Waals surface area contributed by atoms with Gasteiger partial charge >= 0.3 is 5.97 Å². The van der Waals surface area contributed by atoms with E-state index < -0.39 is 23.3 Å². The quantitative estimate of drug-likeness (QED) is 0.606. The normalized spacial score (nSPS) is 20.1. The van der Waals surface area contributed by atoms with Gasteiger partial charge in [0.25, 0.3) is 11.0 Å². The highest BCUT2D eigenvalue weighted by Gasteiger charge is 2.54. The van der Waals surface area contributed by atoms with Crippen molar-refractivity contribution < 1.29 is 28.7 Å². The van der Waals surface area contributed by atoms with Gasteiger partial charge in [0, 0.05) is 11.5 Å². The number of nitrogens with zero attached hydrogens (tertiary/aromatic N) is 1. The zero-order valence-electron chi connectivity index (χ0n) is 16.1. The largest absolute Gasteiger partial charge is 0.477 e. The topological polar surface area (TPSA) is 117 Å². The highest BCUT2D eigenvalue weighted by Crippen LogP contribution is 2.41. The lowest BCUT2D eigenvalue weighted by Crippen LogP contribution is -2.70. The molecule has 8 nitrogen and oxygen atoms in total. The van der Waals surface area contributed by atoms with Crippen LogP contribution in [0.3, 0.4) is 0 Å². The number of rotatable bonds is 7. The van der Waals surface area contributed by atoms with E-state index in [1.807, 2.05) is 30.3 Å². The first-order valence-electron chi connectivity index (χ1n) is 9.39. The van der Waals surface area contributed by atoms with Crippen molar-refractivity contribution in [3.63, 3.8) is 0 Å². The third-order valence-electron chi connectivity index (χ3n) is 4.87. The number of hydrogen-bond donors (Lipinski definition) is 2. The van der Waals surface area contributed by atoms with E-state index in [1.165, 1.54) is 29.0 Å². The van der Waals surface area contributed by atoms with E-state index in [0.717, 1.165) is 17.3 Å². The highest BCUT2D eigenvalue weighted by molar-refractivity contribution is 8.14. The van der Waals surface area contributed by atoms with Gasteiger partial charge in [0.05, 0.1) is 12.7 Å². The Labute approximate surface area is 186 Å². The fourth-order valence-electron chi connectivity index (χ4n) is 3.42. The lowest BCUT2D eigenvalue weighted by atomic mass is 10.0. The lowest BCUT2D eigenvalue weighted by Gasteiger charge is -2.49. The average Bonchev–Trinajstić information content (AvgIpc) is 3.30. The predicted molar refractivity (Wildman–Crippen MR) is 115 cm³/mol. The first-order chi connectivity index (χ1) is 15.0. The Morgan fingerprint density at radius 3 is 2.65 bits per heavy atom. The molecule has 10 heteroatoms. The molecule has 160 valence electrons. The molecular weight excluding hydrogens is 440 g/mol. The standard InChI is InChI=1S/C21H18N2O6S2/c24-15(9-12-5-2-1-3-6-12)22-16-18(25)23-17(20(26)27)13(10-30-19(16)23)11-31-21(28)14-7-4-8-29-14/h1-8,16,19H,9-11H2,(H,22,24)(H,26,27)/t16?,19-/m0/s1. The highest BCUT2D eigenvalue weighted by atomic mass is 32.2. The SMILES string of the molecule is O=C(Cc1ccccc1)NC1C(=O)N2C(C(=O)O)=C(CSC(=O)c3ccco3)CS[C@@H]12. The molecule has 1 aromatic carbocycles. The first kappa shape index (κ1) is 21.3. The number of hydrogen-bond acceptors (Lipinski definition) is 7. The summed E-state index contributed by atoms with van der Waals surface area (Å²) in [5.41, 5.74) is 1.20. The van der Waals surface area contributed by atoms with Gasteiger partial charge in [-0.25, -0.2) is 4.79 Å². The summed E-state index contributed by atoms with van der Waals surface area (Å²) in [6, 6.07) is 11.5. The maximum Gasteiger partial charge on any atom is 0.352 e. The van der Waals surface area contributed by atoms with Crippen molar-refractivity contribution in [3.8, 4) is 0 Å². The van der Waals surface area contributed by atoms with Crippen LogP contribution in [0.25, 0.3) is 0 Å². The number of carboxylic acid groups (broad SMARTS) is 1. The maximum atomic E-state index is 12.7. The molecule has 2 amide bonds. The molecule has 1 aromatic heterocycles. The molecule has 3 heterocycles. The number of thioether (sulfide) groups is 2. The van der Waals surface area contributed by atoms with Crippen LogP contribution in [-0.4, -0.2) is 55.8 Å². The summed E-state index contributed by atoms with van der Waals surface area (Å²) in [4.78, 5) is 50.2. The number of aliphatic carboxylic acids is 1. The fraction of sp³-hybridized carbons (Fsp3) is 0.238. The van der Waals surface area contributed by atoms with Crippen molar-refractivity contribution >= 4 is 46.4 Å². The molecule has 2 aliphatic heterocycles. The van der Waals surface area contributed by atoms with Crippen molar-refractivity contribution in [1.29, 1.82) is 0 Å². The average molecular weight is 459 g/mol. The zero-order chi connectivity index (χ0) is 22.0. The molecule has 2 aromatic rings. The minimum absolute atomic E-state index is 0.109. The van der Waals surface area contributed by atoms with E-state index >= 15 is 0 Å². The van der Waals surface area contributed by atoms with Crippen LogP contribution in [-0.2, 0) is 20.8 Å². The van der Waals surface area contributed by atoms with Gasteiger partial charge in [0.15, 0.2) is 5.76 Å². The molecular formula is C21H18N2O6S2. The van der Waals surface area contributed by atoms with E-state index in [2.05, 4.69) is 5.32 Å². The van der Waals surface area contributed by atoms with Gasteiger partial charge in [-0.1, -0.05) is 42.1 Å². The van der Waals surface area contributed by atoms with Gasteiger partial charge in [-0.05, 0) is 23.3 Å². The number of carboxylic acids is 1. The number of nitrogens with one attached hydrogen (secondary N) is 1. The van der Waals surface area contributed by atoms with Gasteiger partial charge in [0.1, 0.15) is 17.1 Å². The maximum absolute atomic E-state index is 12.7. The van der Waals surface area contributed by atoms with Gasteiger partial charge in [0.2, 0.25) is 5.91 Å². The molecule has 0 bridgehead atoms. The van der Waals surface area contributed by atoms with E-state index in [9.17, 15) is 24.3 Å². The van der Waals surface area contributed by atoms with Crippen LogP contribution in [0.4, 0.5) is 0 Å². The molecule has 2 aliphatic rings. The van der Waals surface area contributed by atoms with E-state index in [-0.39, 0.29) is 34.7 Å². The number of benzene rings is 1. The summed E-state index contributed by atoms with van der Waals surface area (Å²) in [7, 11) is 0. The number of carbonyl (C=O) groups is 4. The molecule has 31 heavy (non-hydrogen) atoms. The van der Waals surface area contributed by atoms with Crippen LogP contribution >= 0.6 is 23.5 Å². The summed E-state index contributed by atoms with van der Waals surface area (Å²) >= 11 is 2.30. The molecule has 2 atom stereocenters. The monoisotopic (exact) mass is 458 g/mol. The summed E-state index contributed by atoms with van der Waals surface area (Å²) in [6.45, 7) is 0.